The Labute approximate surface area is 155 Å². The fourth-order valence-corrected chi connectivity index (χ4v) is 3.51. The largest absolute Gasteiger partial charge is 0.355 e. The second-order valence-electron chi connectivity index (χ2n) is 6.17. The zero-order valence-corrected chi connectivity index (χ0v) is 14.8. The van der Waals surface area contributed by atoms with Crippen molar-refractivity contribution in [2.24, 2.45) is 5.73 Å². The predicted molar refractivity (Wildman–Crippen MR) is 106 cm³/mol. The molecular formula is C20H18N4OS. The molecule has 0 amide bonds. The van der Waals surface area contributed by atoms with Crippen molar-refractivity contribution in [2.45, 2.75) is 12.6 Å². The average molecular weight is 362 g/mol. The molecule has 0 radical (unpaired) electrons. The first kappa shape index (κ1) is 16.5. The number of aromatic nitrogens is 3. The molecule has 0 fully saturated rings. The molecule has 4 rings (SSSR count). The van der Waals surface area contributed by atoms with Crippen LogP contribution in [0.15, 0.2) is 71.7 Å². The van der Waals surface area contributed by atoms with Crippen LogP contribution in [0.1, 0.15) is 22.7 Å². The Morgan fingerprint density at radius 1 is 1.04 bits per heavy atom. The summed E-state index contributed by atoms with van der Waals surface area (Å²) in [6.07, 6.45) is 1.74. The third-order valence-electron chi connectivity index (χ3n) is 4.59. The molecule has 0 aliphatic carbocycles. The third-order valence-corrected chi connectivity index (χ3v) is 4.91. The number of benzene rings is 2. The van der Waals surface area contributed by atoms with Crippen LogP contribution < -0.4 is 11.3 Å². The van der Waals surface area contributed by atoms with Crippen LogP contribution in [0.25, 0.3) is 11.0 Å². The van der Waals surface area contributed by atoms with Crippen LogP contribution in [-0.4, -0.2) is 14.5 Å². The van der Waals surface area contributed by atoms with Gasteiger partial charge in [0.1, 0.15) is 5.52 Å². The first-order chi connectivity index (χ1) is 12.6. The molecule has 0 saturated carbocycles. The normalized spacial score (nSPS) is 12.3. The van der Waals surface area contributed by atoms with Gasteiger partial charge in [-0.3, -0.25) is 9.78 Å². The molecule has 2 aromatic carbocycles. The highest BCUT2D eigenvalue weighted by atomic mass is 32.1. The van der Waals surface area contributed by atoms with Crippen LogP contribution in [0.3, 0.4) is 0 Å². The first-order valence-corrected chi connectivity index (χ1v) is 8.74. The highest BCUT2D eigenvalue weighted by Gasteiger charge is 2.14. The van der Waals surface area contributed by atoms with Gasteiger partial charge in [0.2, 0.25) is 0 Å². The van der Waals surface area contributed by atoms with Gasteiger partial charge in [-0.05, 0) is 35.0 Å². The lowest BCUT2D eigenvalue weighted by molar-refractivity contribution is 0.756. The number of aromatic amines is 2. The number of nitrogens with one attached hydrogen (secondary N) is 2. The molecule has 0 bridgehead atoms. The van der Waals surface area contributed by atoms with Gasteiger partial charge in [0.05, 0.1) is 18.1 Å². The number of H-pyrrole nitrogens is 2. The van der Waals surface area contributed by atoms with Crippen molar-refractivity contribution in [3.05, 3.63) is 98.7 Å². The highest BCUT2D eigenvalue weighted by molar-refractivity contribution is 7.71. The molecule has 2 heterocycles. The third kappa shape index (κ3) is 2.89. The van der Waals surface area contributed by atoms with E-state index in [4.69, 9.17) is 18.0 Å². The Morgan fingerprint density at radius 3 is 2.58 bits per heavy atom. The molecule has 0 aliphatic heterocycles. The number of fused-ring (bicyclic) bond motifs is 1. The summed E-state index contributed by atoms with van der Waals surface area (Å²) in [4.78, 5) is 17.7. The van der Waals surface area contributed by atoms with Gasteiger partial charge in [-0.2, -0.15) is 0 Å². The van der Waals surface area contributed by atoms with Gasteiger partial charge < -0.3 is 15.3 Å². The molecule has 2 aromatic heterocycles. The van der Waals surface area contributed by atoms with Crippen molar-refractivity contribution < 1.29 is 0 Å². The number of nitrogens with zero attached hydrogens (tertiary/aromatic N) is 1. The van der Waals surface area contributed by atoms with E-state index < -0.39 is 0 Å². The number of hydrogen-bond donors (Lipinski definition) is 3. The van der Waals surface area contributed by atoms with Gasteiger partial charge in [-0.15, -0.1) is 0 Å². The van der Waals surface area contributed by atoms with Crippen molar-refractivity contribution >= 4 is 23.3 Å². The molecule has 6 heteroatoms. The van der Waals surface area contributed by atoms with Crippen LogP contribution in [-0.2, 0) is 6.54 Å². The molecule has 26 heavy (non-hydrogen) atoms. The van der Waals surface area contributed by atoms with E-state index in [1.807, 2.05) is 65.2 Å². The summed E-state index contributed by atoms with van der Waals surface area (Å²) in [7, 11) is 0. The lowest BCUT2D eigenvalue weighted by Crippen LogP contribution is -2.18. The Balaban J connectivity index is 1.81. The molecule has 4 N–H and O–H groups in total. The number of nitrogens with two attached hydrogens (primary N) is 1. The standard InChI is InChI=1S/C20H18N4OS/c21-17(13-6-2-1-3-7-13)15-9-5-4-8-14(15)12-24-16-10-11-22-18(16)19(25)23-20(24)26/h1-11,17,22H,12,21H2,(H,23,25,26). The van der Waals surface area contributed by atoms with E-state index in [-0.39, 0.29) is 11.6 Å². The maximum atomic E-state index is 12.0. The van der Waals surface area contributed by atoms with E-state index in [0.29, 0.717) is 16.8 Å². The van der Waals surface area contributed by atoms with Gasteiger partial charge >= 0.3 is 0 Å². The topological polar surface area (TPSA) is 79.6 Å². The van der Waals surface area contributed by atoms with Crippen molar-refractivity contribution in [3.63, 3.8) is 0 Å². The van der Waals surface area contributed by atoms with Crippen LogP contribution in [0.5, 0.6) is 0 Å². The lowest BCUT2D eigenvalue weighted by Gasteiger charge is -2.18. The fraction of sp³-hybridized carbons (Fsp3) is 0.100. The van der Waals surface area contributed by atoms with E-state index in [1.165, 1.54) is 0 Å². The van der Waals surface area contributed by atoms with Crippen LogP contribution >= 0.6 is 12.2 Å². The Kier molecular flexibility index (Phi) is 4.28. The van der Waals surface area contributed by atoms with Gasteiger partial charge in [0, 0.05) is 6.20 Å². The van der Waals surface area contributed by atoms with Crippen LogP contribution in [0, 0.1) is 4.77 Å². The smallest absolute Gasteiger partial charge is 0.276 e. The van der Waals surface area contributed by atoms with Gasteiger partial charge in [0.15, 0.2) is 4.77 Å². The Hall–Kier alpha value is -2.96. The van der Waals surface area contributed by atoms with E-state index in [0.717, 1.165) is 22.2 Å². The second-order valence-corrected chi connectivity index (χ2v) is 6.56. The minimum Gasteiger partial charge on any atom is -0.355 e. The van der Waals surface area contributed by atoms with E-state index >= 15 is 0 Å². The van der Waals surface area contributed by atoms with Gasteiger partial charge in [-0.1, -0.05) is 54.6 Å². The molecular weight excluding hydrogens is 344 g/mol. The van der Waals surface area contributed by atoms with E-state index in [9.17, 15) is 4.79 Å². The quantitative estimate of drug-likeness (QED) is 0.486. The summed E-state index contributed by atoms with van der Waals surface area (Å²) in [5, 5.41) is 0. The molecule has 0 saturated heterocycles. The van der Waals surface area contributed by atoms with E-state index in [2.05, 4.69) is 9.97 Å². The first-order valence-electron chi connectivity index (χ1n) is 8.33. The summed E-state index contributed by atoms with van der Waals surface area (Å²) < 4.78 is 2.31. The molecule has 5 nitrogen and oxygen atoms in total. The predicted octanol–water partition coefficient (Wildman–Crippen LogP) is 3.48. The Bertz CT molecular complexity index is 1170. The van der Waals surface area contributed by atoms with Gasteiger partial charge in [-0.25, -0.2) is 0 Å². The van der Waals surface area contributed by atoms with Crippen molar-refractivity contribution in [3.8, 4) is 0 Å². The molecule has 0 spiro atoms. The second kappa shape index (κ2) is 6.74. The van der Waals surface area contributed by atoms with Gasteiger partial charge in [0.25, 0.3) is 5.56 Å². The monoisotopic (exact) mass is 362 g/mol. The number of rotatable bonds is 4. The molecule has 1 atom stereocenters. The zero-order valence-electron chi connectivity index (χ0n) is 14.0. The van der Waals surface area contributed by atoms with Crippen molar-refractivity contribution in [1.82, 2.24) is 14.5 Å². The molecule has 1 unspecified atom stereocenters. The van der Waals surface area contributed by atoms with Crippen molar-refractivity contribution in [2.75, 3.05) is 0 Å². The van der Waals surface area contributed by atoms with E-state index in [1.54, 1.807) is 6.20 Å². The zero-order chi connectivity index (χ0) is 18.1. The summed E-state index contributed by atoms with van der Waals surface area (Å²) >= 11 is 5.40. The maximum absolute atomic E-state index is 12.0. The minimum atomic E-state index is -0.231. The van der Waals surface area contributed by atoms with Crippen LogP contribution in [0.2, 0.25) is 0 Å². The lowest BCUT2D eigenvalue weighted by atomic mass is 9.95. The Morgan fingerprint density at radius 2 is 1.77 bits per heavy atom. The number of hydrogen-bond acceptors (Lipinski definition) is 3. The summed E-state index contributed by atoms with van der Waals surface area (Å²) in [5.41, 5.74) is 10.8. The molecule has 130 valence electrons. The molecule has 0 aliphatic rings. The van der Waals surface area contributed by atoms with Crippen molar-refractivity contribution in [1.29, 1.82) is 0 Å². The summed E-state index contributed by atoms with van der Waals surface area (Å²) in [5.74, 6) is 0. The molecule has 4 aromatic rings. The minimum absolute atomic E-state index is 0.208. The SMILES string of the molecule is NC(c1ccccc1)c1ccccc1Cn1c(=S)[nH]c(=O)c2[nH]ccc21. The summed E-state index contributed by atoms with van der Waals surface area (Å²) in [6, 6.07) is 19.7. The summed E-state index contributed by atoms with van der Waals surface area (Å²) in [6.45, 7) is 0.528. The highest BCUT2D eigenvalue weighted by Crippen LogP contribution is 2.24. The van der Waals surface area contributed by atoms with Crippen LogP contribution in [0.4, 0.5) is 0 Å². The average Bonchev–Trinajstić information content (AvgIpc) is 3.16. The fourth-order valence-electron chi connectivity index (χ4n) is 3.25. The maximum Gasteiger partial charge on any atom is 0.276 e.